The zero-order chi connectivity index (χ0) is 19.5. The molecule has 2 aromatic carbocycles. The van der Waals surface area contributed by atoms with Crippen LogP contribution in [0.2, 0.25) is 0 Å². The van der Waals surface area contributed by atoms with Crippen LogP contribution in [0.3, 0.4) is 0 Å². The third-order valence-corrected chi connectivity index (χ3v) is 5.03. The molecular formula is C21H23N3O4. The molecule has 7 nitrogen and oxygen atoms in total. The van der Waals surface area contributed by atoms with Crippen molar-refractivity contribution in [2.75, 3.05) is 26.9 Å². The Morgan fingerprint density at radius 2 is 2.29 bits per heavy atom. The van der Waals surface area contributed by atoms with Gasteiger partial charge in [0.2, 0.25) is 0 Å². The molecular weight excluding hydrogens is 358 g/mol. The van der Waals surface area contributed by atoms with Gasteiger partial charge >= 0.3 is 0 Å². The number of fused-ring (bicyclic) bond motifs is 2. The summed E-state index contributed by atoms with van der Waals surface area (Å²) in [5.41, 5.74) is 3.31. The molecule has 28 heavy (non-hydrogen) atoms. The predicted molar refractivity (Wildman–Crippen MR) is 105 cm³/mol. The fraction of sp³-hybridized carbons (Fsp3) is 0.333. The van der Waals surface area contributed by atoms with Crippen LogP contribution in [0.15, 0.2) is 42.7 Å². The molecule has 1 amide bonds. The first kappa shape index (κ1) is 18.3. The van der Waals surface area contributed by atoms with E-state index in [-0.39, 0.29) is 18.4 Å². The number of para-hydroxylation sites is 1. The number of carbonyl (C=O) groups excluding carboxylic acids is 1. The molecule has 1 unspecified atom stereocenters. The number of carbonyl (C=O) groups is 1. The van der Waals surface area contributed by atoms with E-state index in [1.54, 1.807) is 25.6 Å². The predicted octanol–water partition coefficient (Wildman–Crippen LogP) is 2.02. The molecule has 1 atom stereocenters. The number of nitrogens with one attached hydrogen (secondary N) is 1. The van der Waals surface area contributed by atoms with Crippen molar-refractivity contribution in [1.82, 2.24) is 14.9 Å². The lowest BCUT2D eigenvalue weighted by atomic mass is 9.96. The van der Waals surface area contributed by atoms with Crippen LogP contribution in [0, 0.1) is 5.92 Å². The highest BCUT2D eigenvalue weighted by Gasteiger charge is 2.23. The molecule has 0 saturated heterocycles. The van der Waals surface area contributed by atoms with Gasteiger partial charge in [0.25, 0.3) is 5.91 Å². The van der Waals surface area contributed by atoms with Gasteiger partial charge in [-0.1, -0.05) is 12.1 Å². The van der Waals surface area contributed by atoms with Crippen molar-refractivity contribution in [2.24, 2.45) is 5.92 Å². The van der Waals surface area contributed by atoms with E-state index in [2.05, 4.69) is 10.3 Å². The molecule has 2 heterocycles. The first-order valence-corrected chi connectivity index (χ1v) is 9.32. The molecule has 1 aliphatic rings. The quantitative estimate of drug-likeness (QED) is 0.682. The Kier molecular flexibility index (Phi) is 5.16. The monoisotopic (exact) mass is 381 g/mol. The van der Waals surface area contributed by atoms with Crippen molar-refractivity contribution in [2.45, 2.75) is 13.0 Å². The molecule has 2 N–H and O–H groups in total. The van der Waals surface area contributed by atoms with Crippen molar-refractivity contribution in [3.8, 4) is 11.5 Å². The van der Waals surface area contributed by atoms with Gasteiger partial charge in [0.05, 0.1) is 37.7 Å². The number of nitrogens with zero attached hydrogens (tertiary/aromatic N) is 2. The van der Waals surface area contributed by atoms with Gasteiger partial charge in [-0.15, -0.1) is 0 Å². The Hall–Kier alpha value is -3.06. The molecule has 1 aliphatic heterocycles. The number of methoxy groups -OCH3 is 1. The summed E-state index contributed by atoms with van der Waals surface area (Å²) in [5, 5.41) is 12.1. The van der Waals surface area contributed by atoms with E-state index in [0.29, 0.717) is 25.3 Å². The minimum Gasteiger partial charge on any atom is -0.493 e. The second-order valence-corrected chi connectivity index (χ2v) is 6.90. The lowest BCUT2D eigenvalue weighted by Crippen LogP contribution is -2.34. The topological polar surface area (TPSA) is 85.6 Å². The molecule has 7 heteroatoms. The summed E-state index contributed by atoms with van der Waals surface area (Å²) in [6, 6.07) is 11.3. The van der Waals surface area contributed by atoms with Gasteiger partial charge in [-0.25, -0.2) is 4.98 Å². The molecule has 3 aromatic rings. The highest BCUT2D eigenvalue weighted by atomic mass is 16.5. The van der Waals surface area contributed by atoms with Crippen LogP contribution in [0.5, 0.6) is 11.5 Å². The Balaban J connectivity index is 1.40. The van der Waals surface area contributed by atoms with Crippen LogP contribution in [-0.2, 0) is 13.0 Å². The van der Waals surface area contributed by atoms with E-state index < -0.39 is 0 Å². The maximum Gasteiger partial charge on any atom is 0.251 e. The summed E-state index contributed by atoms with van der Waals surface area (Å²) in [7, 11) is 1.63. The van der Waals surface area contributed by atoms with Crippen molar-refractivity contribution in [3.63, 3.8) is 0 Å². The molecule has 0 aliphatic carbocycles. The number of benzene rings is 2. The highest BCUT2D eigenvalue weighted by Crippen LogP contribution is 2.35. The van der Waals surface area contributed by atoms with Gasteiger partial charge in [-0.05, 0) is 36.2 Å². The Morgan fingerprint density at radius 1 is 1.39 bits per heavy atom. The van der Waals surface area contributed by atoms with Crippen LogP contribution in [0.25, 0.3) is 11.0 Å². The molecule has 4 rings (SSSR count). The number of aromatic nitrogens is 2. The summed E-state index contributed by atoms with van der Waals surface area (Å²) in [5.74, 6) is 1.62. The smallest absolute Gasteiger partial charge is 0.251 e. The first-order chi connectivity index (χ1) is 13.7. The lowest BCUT2D eigenvalue weighted by molar-refractivity contribution is 0.0938. The van der Waals surface area contributed by atoms with Crippen molar-refractivity contribution in [1.29, 1.82) is 0 Å². The molecule has 1 aromatic heterocycles. The van der Waals surface area contributed by atoms with E-state index >= 15 is 0 Å². The van der Waals surface area contributed by atoms with Crippen molar-refractivity contribution in [3.05, 3.63) is 53.9 Å². The number of hydrogen-bond donors (Lipinski definition) is 2. The minimum atomic E-state index is -0.130. The average molecular weight is 381 g/mol. The van der Waals surface area contributed by atoms with Crippen LogP contribution >= 0.6 is 0 Å². The van der Waals surface area contributed by atoms with E-state index in [1.165, 1.54) is 0 Å². The van der Waals surface area contributed by atoms with Gasteiger partial charge in [-0.3, -0.25) is 4.79 Å². The van der Waals surface area contributed by atoms with Crippen LogP contribution in [0.4, 0.5) is 0 Å². The SMILES string of the molecule is COc1cccc2c1OCC(CNC(=O)c1ccc3c(c1)ncn3CCO)C2. The maximum absolute atomic E-state index is 12.6. The molecule has 0 radical (unpaired) electrons. The third-order valence-electron chi connectivity index (χ3n) is 5.03. The maximum atomic E-state index is 12.6. The molecule has 0 saturated carbocycles. The number of hydrogen-bond acceptors (Lipinski definition) is 5. The number of rotatable bonds is 6. The van der Waals surface area contributed by atoms with Gasteiger partial charge in [-0.2, -0.15) is 0 Å². The normalized spacial score (nSPS) is 15.7. The second-order valence-electron chi connectivity index (χ2n) is 6.90. The number of aliphatic hydroxyl groups excluding tert-OH is 1. The lowest BCUT2D eigenvalue weighted by Gasteiger charge is -2.26. The minimum absolute atomic E-state index is 0.0478. The van der Waals surface area contributed by atoms with E-state index in [0.717, 1.165) is 34.5 Å². The summed E-state index contributed by atoms with van der Waals surface area (Å²) < 4.78 is 13.1. The van der Waals surface area contributed by atoms with Gasteiger partial charge in [0, 0.05) is 24.6 Å². The highest BCUT2D eigenvalue weighted by molar-refractivity contribution is 5.97. The Labute approximate surface area is 162 Å². The molecule has 0 spiro atoms. The Morgan fingerprint density at radius 3 is 3.11 bits per heavy atom. The van der Waals surface area contributed by atoms with Crippen LogP contribution < -0.4 is 14.8 Å². The summed E-state index contributed by atoms with van der Waals surface area (Å²) >= 11 is 0. The van der Waals surface area contributed by atoms with E-state index in [4.69, 9.17) is 14.6 Å². The third kappa shape index (κ3) is 3.53. The summed E-state index contributed by atoms with van der Waals surface area (Å²) in [6.45, 7) is 1.60. The van der Waals surface area contributed by atoms with E-state index in [9.17, 15) is 4.79 Å². The zero-order valence-electron chi connectivity index (χ0n) is 15.7. The fourth-order valence-corrected chi connectivity index (χ4v) is 3.58. The zero-order valence-corrected chi connectivity index (χ0v) is 15.7. The number of ether oxygens (including phenoxy) is 2. The second kappa shape index (κ2) is 7.90. The van der Waals surface area contributed by atoms with Crippen LogP contribution in [-0.4, -0.2) is 47.4 Å². The van der Waals surface area contributed by atoms with Crippen molar-refractivity contribution < 1.29 is 19.4 Å². The number of aliphatic hydroxyl groups is 1. The van der Waals surface area contributed by atoms with Gasteiger partial charge < -0.3 is 24.5 Å². The van der Waals surface area contributed by atoms with Crippen LogP contribution in [0.1, 0.15) is 15.9 Å². The van der Waals surface area contributed by atoms with Gasteiger partial charge in [0.15, 0.2) is 11.5 Å². The first-order valence-electron chi connectivity index (χ1n) is 9.32. The largest absolute Gasteiger partial charge is 0.493 e. The fourth-order valence-electron chi connectivity index (χ4n) is 3.58. The number of amides is 1. The average Bonchev–Trinajstić information content (AvgIpc) is 3.13. The standard InChI is InChI=1S/C21H23N3O4/c1-27-19-4-2-3-15-9-14(12-28-20(15)19)11-22-21(26)16-5-6-18-17(10-16)23-13-24(18)7-8-25/h2-6,10,13-14,25H,7-9,11-12H2,1H3,(H,22,26). The summed E-state index contributed by atoms with van der Waals surface area (Å²) in [6.07, 6.45) is 2.51. The number of imidazole rings is 1. The molecule has 146 valence electrons. The van der Waals surface area contributed by atoms with E-state index in [1.807, 2.05) is 28.8 Å². The molecule has 0 fully saturated rings. The summed E-state index contributed by atoms with van der Waals surface area (Å²) in [4.78, 5) is 16.9. The molecule has 0 bridgehead atoms. The van der Waals surface area contributed by atoms with Gasteiger partial charge in [0.1, 0.15) is 0 Å². The Bertz CT molecular complexity index is 998. The van der Waals surface area contributed by atoms with Crippen molar-refractivity contribution >= 4 is 16.9 Å².